The Hall–Kier alpha value is -1.74. The molecule has 0 spiro atoms. The van der Waals surface area contributed by atoms with Crippen LogP contribution in [-0.4, -0.2) is 32.6 Å². The van der Waals surface area contributed by atoms with Gasteiger partial charge in [-0.25, -0.2) is 8.42 Å². The Morgan fingerprint density at radius 2 is 2.05 bits per heavy atom. The quantitative estimate of drug-likeness (QED) is 0.909. The number of anilines is 1. The Labute approximate surface area is 113 Å². The molecule has 1 saturated heterocycles. The van der Waals surface area contributed by atoms with Crippen molar-refractivity contribution in [2.45, 2.75) is 18.4 Å². The van der Waals surface area contributed by atoms with Gasteiger partial charge in [0.05, 0.1) is 24.7 Å². The van der Waals surface area contributed by atoms with Gasteiger partial charge in [0.15, 0.2) is 9.84 Å². The highest BCUT2D eigenvalue weighted by Gasteiger charge is 2.37. The zero-order chi connectivity index (χ0) is 13.9. The maximum Gasteiger partial charge on any atom is 0.150 e. The Kier molecular flexibility index (Phi) is 3.67. The Balaban J connectivity index is 2.18. The van der Waals surface area contributed by atoms with Gasteiger partial charge in [-0.2, -0.15) is 5.26 Å². The maximum absolute atomic E-state index is 11.4. The lowest BCUT2D eigenvalue weighted by Gasteiger charge is -2.32. The van der Waals surface area contributed by atoms with E-state index >= 15 is 0 Å². The summed E-state index contributed by atoms with van der Waals surface area (Å²) in [5.74, 6) is 0.802. The molecule has 102 valence electrons. The molecule has 0 saturated carbocycles. The standard InChI is InChI=1S/C13H16N2O3S/c1-18-12-4-2-3-11(9-12)15-13(10-14)5-7-19(16,17)8-6-13/h2-4,9,15H,5-8H2,1H3. The van der Waals surface area contributed by atoms with Gasteiger partial charge in [0, 0.05) is 11.8 Å². The summed E-state index contributed by atoms with van der Waals surface area (Å²) in [6, 6.07) is 9.50. The van der Waals surface area contributed by atoms with Gasteiger partial charge >= 0.3 is 0 Å². The molecule has 0 atom stereocenters. The number of ether oxygens (including phenoxy) is 1. The lowest BCUT2D eigenvalue weighted by atomic mass is 9.93. The second-order valence-corrected chi connectivity index (χ2v) is 7.01. The van der Waals surface area contributed by atoms with Gasteiger partial charge in [0.2, 0.25) is 0 Å². The fourth-order valence-electron chi connectivity index (χ4n) is 2.13. The van der Waals surface area contributed by atoms with Crippen LogP contribution in [0.2, 0.25) is 0 Å². The molecule has 1 N–H and O–H groups in total. The molecule has 0 amide bonds. The van der Waals surface area contributed by atoms with Crippen LogP contribution in [0, 0.1) is 11.3 Å². The first-order valence-corrected chi connectivity index (χ1v) is 7.85. The monoisotopic (exact) mass is 280 g/mol. The van der Waals surface area contributed by atoms with Gasteiger partial charge in [-0.3, -0.25) is 0 Å². The summed E-state index contributed by atoms with van der Waals surface area (Å²) in [5.41, 5.74) is -0.0438. The Morgan fingerprint density at radius 1 is 1.37 bits per heavy atom. The number of rotatable bonds is 3. The molecular weight excluding hydrogens is 264 g/mol. The van der Waals surface area contributed by atoms with Crippen molar-refractivity contribution in [2.24, 2.45) is 0 Å². The summed E-state index contributed by atoms with van der Waals surface area (Å²) in [5, 5.41) is 12.5. The maximum atomic E-state index is 11.4. The molecule has 0 aromatic heterocycles. The molecule has 2 rings (SSSR count). The van der Waals surface area contributed by atoms with Crippen molar-refractivity contribution < 1.29 is 13.2 Å². The molecule has 0 bridgehead atoms. The van der Waals surface area contributed by atoms with Crippen molar-refractivity contribution >= 4 is 15.5 Å². The average molecular weight is 280 g/mol. The highest BCUT2D eigenvalue weighted by molar-refractivity contribution is 7.91. The number of nitrogens with zero attached hydrogens (tertiary/aromatic N) is 1. The van der Waals surface area contributed by atoms with Crippen LogP contribution in [0.5, 0.6) is 5.75 Å². The van der Waals surface area contributed by atoms with Crippen molar-refractivity contribution in [1.29, 1.82) is 5.26 Å². The normalized spacial score (nSPS) is 20.2. The molecule has 1 heterocycles. The fraction of sp³-hybridized carbons (Fsp3) is 0.462. The SMILES string of the molecule is COc1cccc(NC2(C#N)CCS(=O)(=O)CC2)c1. The van der Waals surface area contributed by atoms with Gasteiger partial charge in [0.1, 0.15) is 11.3 Å². The van der Waals surface area contributed by atoms with Gasteiger partial charge < -0.3 is 10.1 Å². The first-order chi connectivity index (χ1) is 8.99. The topological polar surface area (TPSA) is 79.2 Å². The molecule has 0 radical (unpaired) electrons. The highest BCUT2D eigenvalue weighted by Crippen LogP contribution is 2.29. The molecular formula is C13H16N2O3S. The van der Waals surface area contributed by atoms with Crippen molar-refractivity contribution in [2.75, 3.05) is 23.9 Å². The van der Waals surface area contributed by atoms with Crippen LogP contribution in [0.4, 0.5) is 5.69 Å². The first-order valence-electron chi connectivity index (χ1n) is 6.03. The summed E-state index contributed by atoms with van der Waals surface area (Å²) in [6.45, 7) is 0. The molecule has 1 fully saturated rings. The predicted molar refractivity (Wildman–Crippen MR) is 72.8 cm³/mol. The van der Waals surface area contributed by atoms with Crippen molar-refractivity contribution in [3.63, 3.8) is 0 Å². The van der Waals surface area contributed by atoms with E-state index in [0.717, 1.165) is 5.69 Å². The van der Waals surface area contributed by atoms with E-state index in [1.165, 1.54) is 0 Å². The van der Waals surface area contributed by atoms with E-state index in [2.05, 4.69) is 11.4 Å². The third-order valence-electron chi connectivity index (χ3n) is 3.35. The molecule has 0 aliphatic carbocycles. The Bertz CT molecular complexity index is 591. The summed E-state index contributed by atoms with van der Waals surface area (Å²) in [7, 11) is -1.41. The number of sulfone groups is 1. The van der Waals surface area contributed by atoms with Crippen LogP contribution in [0.15, 0.2) is 24.3 Å². The summed E-state index contributed by atoms with van der Waals surface area (Å²) < 4.78 is 28.0. The average Bonchev–Trinajstić information content (AvgIpc) is 2.42. The molecule has 1 aromatic carbocycles. The molecule has 1 aliphatic rings. The van der Waals surface area contributed by atoms with Gasteiger partial charge in [-0.1, -0.05) is 6.07 Å². The highest BCUT2D eigenvalue weighted by atomic mass is 32.2. The third-order valence-corrected chi connectivity index (χ3v) is 5.00. The van der Waals surface area contributed by atoms with Crippen LogP contribution in [0.25, 0.3) is 0 Å². The summed E-state index contributed by atoms with van der Waals surface area (Å²) in [4.78, 5) is 0. The van der Waals surface area contributed by atoms with Crippen molar-refractivity contribution in [1.82, 2.24) is 0 Å². The zero-order valence-corrected chi connectivity index (χ0v) is 11.5. The van der Waals surface area contributed by atoms with Crippen LogP contribution in [-0.2, 0) is 9.84 Å². The van der Waals surface area contributed by atoms with E-state index in [9.17, 15) is 13.7 Å². The molecule has 6 heteroatoms. The lowest BCUT2D eigenvalue weighted by molar-refractivity contribution is 0.414. The number of hydrogen-bond acceptors (Lipinski definition) is 5. The zero-order valence-electron chi connectivity index (χ0n) is 10.7. The molecule has 1 aromatic rings. The van der Waals surface area contributed by atoms with Crippen molar-refractivity contribution in [3.8, 4) is 11.8 Å². The van der Waals surface area contributed by atoms with E-state index in [1.807, 2.05) is 18.2 Å². The Morgan fingerprint density at radius 3 is 2.63 bits per heavy atom. The first kappa shape index (κ1) is 13.7. The molecule has 1 aliphatic heterocycles. The summed E-state index contributed by atoms with van der Waals surface area (Å²) in [6.07, 6.45) is 0.617. The molecule has 0 unspecified atom stereocenters. The van der Waals surface area contributed by atoms with E-state index in [1.54, 1.807) is 13.2 Å². The summed E-state index contributed by atoms with van der Waals surface area (Å²) >= 11 is 0. The largest absolute Gasteiger partial charge is 0.497 e. The fourth-order valence-corrected chi connectivity index (χ4v) is 3.65. The van der Waals surface area contributed by atoms with Crippen molar-refractivity contribution in [3.05, 3.63) is 24.3 Å². The van der Waals surface area contributed by atoms with E-state index < -0.39 is 15.4 Å². The number of nitriles is 1. The minimum atomic E-state index is -2.98. The third kappa shape index (κ3) is 3.18. The van der Waals surface area contributed by atoms with Crippen LogP contribution >= 0.6 is 0 Å². The van der Waals surface area contributed by atoms with Crippen LogP contribution in [0.3, 0.4) is 0 Å². The predicted octanol–water partition coefficient (Wildman–Crippen LogP) is 1.58. The number of nitrogens with one attached hydrogen (secondary N) is 1. The minimum Gasteiger partial charge on any atom is -0.497 e. The second kappa shape index (κ2) is 5.10. The van der Waals surface area contributed by atoms with E-state index in [4.69, 9.17) is 4.74 Å². The van der Waals surface area contributed by atoms with Gasteiger partial charge in [-0.05, 0) is 25.0 Å². The lowest BCUT2D eigenvalue weighted by Crippen LogP contribution is -2.44. The van der Waals surface area contributed by atoms with Gasteiger partial charge in [-0.15, -0.1) is 0 Å². The minimum absolute atomic E-state index is 0.0531. The van der Waals surface area contributed by atoms with Gasteiger partial charge in [0.25, 0.3) is 0 Å². The second-order valence-electron chi connectivity index (χ2n) is 4.70. The van der Waals surface area contributed by atoms with Crippen LogP contribution < -0.4 is 10.1 Å². The number of benzene rings is 1. The molecule has 5 nitrogen and oxygen atoms in total. The van der Waals surface area contributed by atoms with E-state index in [0.29, 0.717) is 18.6 Å². The van der Waals surface area contributed by atoms with E-state index in [-0.39, 0.29) is 11.5 Å². The number of methoxy groups -OCH3 is 1. The smallest absolute Gasteiger partial charge is 0.150 e. The van der Waals surface area contributed by atoms with Crippen LogP contribution in [0.1, 0.15) is 12.8 Å². The number of hydrogen-bond donors (Lipinski definition) is 1. The molecule has 19 heavy (non-hydrogen) atoms.